The number of carbonyl (C=O) groups is 2. The number of amides is 1. The lowest BCUT2D eigenvalue weighted by Crippen LogP contribution is -2.41. The highest BCUT2D eigenvalue weighted by molar-refractivity contribution is 8.01. The van der Waals surface area contributed by atoms with Gasteiger partial charge in [-0.2, -0.15) is 0 Å². The molecule has 9 heteroatoms. The number of thiazole rings is 1. The van der Waals surface area contributed by atoms with Crippen molar-refractivity contribution in [1.29, 1.82) is 0 Å². The molecule has 1 aliphatic heterocycles. The molecule has 2 atom stereocenters. The van der Waals surface area contributed by atoms with E-state index in [0.29, 0.717) is 16.6 Å². The molecule has 0 aromatic carbocycles. The summed E-state index contributed by atoms with van der Waals surface area (Å²) in [6.45, 7) is 2.92. The van der Waals surface area contributed by atoms with Crippen molar-refractivity contribution in [2.24, 2.45) is 5.41 Å². The topological polar surface area (TPSA) is 100.0 Å². The van der Waals surface area contributed by atoms with Crippen LogP contribution in [0.25, 0.3) is 0 Å². The first kappa shape index (κ1) is 22.1. The molecule has 2 fully saturated rings. The van der Waals surface area contributed by atoms with Crippen LogP contribution in [0, 0.1) is 5.41 Å². The lowest BCUT2D eigenvalue weighted by molar-refractivity contribution is -0.0142. The smallest absolute Gasteiger partial charge is 0.410 e. The Morgan fingerprint density at radius 1 is 1.55 bits per heavy atom. The molecule has 1 amide bonds. The third kappa shape index (κ3) is 5.32. The molecular weight excluding hydrogens is 412 g/mol. The van der Waals surface area contributed by atoms with Crippen molar-refractivity contribution in [2.75, 3.05) is 18.9 Å². The molecule has 1 aromatic heterocycles. The Kier molecular flexibility index (Phi) is 7.59. The Bertz CT molecular complexity index is 747. The molecule has 1 saturated heterocycles. The van der Waals surface area contributed by atoms with Crippen LogP contribution in [0.2, 0.25) is 0 Å². The number of cyclic esters (lactones) is 1. The number of carboxylic acids is 1. The number of carboxylic acid groups (broad SMARTS) is 1. The number of aliphatic hydroxyl groups excluding tert-OH is 1. The highest BCUT2D eigenvalue weighted by Gasteiger charge is 2.41. The molecule has 1 aromatic rings. The molecule has 0 spiro atoms. The van der Waals surface area contributed by atoms with E-state index in [-0.39, 0.29) is 29.9 Å². The van der Waals surface area contributed by atoms with Crippen LogP contribution in [0.4, 0.5) is 4.79 Å². The lowest BCUT2D eigenvalue weighted by Gasteiger charge is -2.45. The zero-order valence-corrected chi connectivity index (χ0v) is 18.2. The van der Waals surface area contributed by atoms with E-state index in [2.05, 4.69) is 11.9 Å². The van der Waals surface area contributed by atoms with E-state index in [1.165, 1.54) is 34.9 Å². The number of carbonyl (C=O) groups excluding carboxylic acids is 1. The molecule has 0 radical (unpaired) electrons. The van der Waals surface area contributed by atoms with E-state index >= 15 is 0 Å². The molecule has 1 saturated carbocycles. The minimum absolute atomic E-state index is 0.00332. The van der Waals surface area contributed by atoms with Crippen molar-refractivity contribution in [3.05, 3.63) is 23.2 Å². The fourth-order valence-electron chi connectivity index (χ4n) is 3.83. The summed E-state index contributed by atoms with van der Waals surface area (Å²) >= 11 is 2.70. The first-order valence-corrected chi connectivity index (χ1v) is 11.9. The minimum Gasteiger partial charge on any atom is -0.476 e. The fraction of sp³-hybridized carbons (Fsp3) is 0.650. The van der Waals surface area contributed by atoms with Crippen LogP contribution in [0.1, 0.15) is 55.9 Å². The molecule has 2 heterocycles. The van der Waals surface area contributed by atoms with Crippen molar-refractivity contribution in [3.63, 3.8) is 0 Å². The molecule has 2 aliphatic rings. The summed E-state index contributed by atoms with van der Waals surface area (Å²) in [7, 11) is 0. The Hall–Kier alpha value is -1.58. The van der Waals surface area contributed by atoms with E-state index in [1.54, 1.807) is 4.90 Å². The Labute approximate surface area is 179 Å². The Morgan fingerprint density at radius 3 is 2.97 bits per heavy atom. The average Bonchev–Trinajstić information content (AvgIpc) is 3.27. The molecule has 29 heavy (non-hydrogen) atoms. The number of nitrogens with zero attached hydrogens (tertiary/aromatic N) is 2. The summed E-state index contributed by atoms with van der Waals surface area (Å²) in [4.78, 5) is 28.7. The van der Waals surface area contributed by atoms with Crippen LogP contribution in [0.3, 0.4) is 0 Å². The third-order valence-electron chi connectivity index (χ3n) is 5.79. The monoisotopic (exact) mass is 440 g/mol. The van der Waals surface area contributed by atoms with Crippen molar-refractivity contribution in [1.82, 2.24) is 9.88 Å². The average molecular weight is 441 g/mol. The molecule has 0 bridgehead atoms. The summed E-state index contributed by atoms with van der Waals surface area (Å²) in [6.07, 6.45) is 9.49. The van der Waals surface area contributed by atoms with Gasteiger partial charge < -0.3 is 14.9 Å². The second kappa shape index (κ2) is 9.95. The number of aliphatic hydroxyl groups is 1. The van der Waals surface area contributed by atoms with E-state index in [4.69, 9.17) is 9.84 Å². The third-order valence-corrected chi connectivity index (χ3v) is 7.79. The number of hydrogen-bond donors (Lipinski definition) is 2. The number of aromatic nitrogens is 1. The highest BCUT2D eigenvalue weighted by atomic mass is 32.2. The number of rotatable bonds is 11. The van der Waals surface area contributed by atoms with Gasteiger partial charge in [-0.1, -0.05) is 50.1 Å². The van der Waals surface area contributed by atoms with E-state index in [9.17, 15) is 14.7 Å². The number of unbranched alkanes of at least 4 members (excludes halogenated alkanes) is 1. The summed E-state index contributed by atoms with van der Waals surface area (Å²) in [6, 6.07) is -0.188. The van der Waals surface area contributed by atoms with Crippen LogP contribution in [0.15, 0.2) is 21.9 Å². The van der Waals surface area contributed by atoms with Crippen molar-refractivity contribution >= 4 is 35.2 Å². The van der Waals surface area contributed by atoms with Gasteiger partial charge in [-0.3, -0.25) is 4.90 Å². The Balaban J connectivity index is 1.52. The Morgan fingerprint density at radius 2 is 2.34 bits per heavy atom. The number of ether oxygens (including phenoxy) is 1. The van der Waals surface area contributed by atoms with Crippen molar-refractivity contribution in [3.8, 4) is 0 Å². The van der Waals surface area contributed by atoms with Gasteiger partial charge in [0.15, 0.2) is 10.0 Å². The van der Waals surface area contributed by atoms with Gasteiger partial charge in [-0.25, -0.2) is 14.6 Å². The zero-order valence-electron chi connectivity index (χ0n) is 16.6. The van der Waals surface area contributed by atoms with Gasteiger partial charge in [0.05, 0.1) is 12.1 Å². The molecule has 3 rings (SSSR count). The molecule has 160 valence electrons. The first-order valence-electron chi connectivity index (χ1n) is 10.1. The summed E-state index contributed by atoms with van der Waals surface area (Å²) in [5.41, 5.74) is 0.0458. The second-order valence-corrected chi connectivity index (χ2v) is 9.84. The molecule has 7 nitrogen and oxygen atoms in total. The predicted molar refractivity (Wildman–Crippen MR) is 113 cm³/mol. The maximum atomic E-state index is 12.1. The molecule has 0 unspecified atom stereocenters. The minimum atomic E-state index is -1.04. The summed E-state index contributed by atoms with van der Waals surface area (Å²) < 4.78 is 5.86. The van der Waals surface area contributed by atoms with Gasteiger partial charge in [0.25, 0.3) is 0 Å². The SMILES string of the molecule is CCCCC1([C@H](O)/C=C/[C@H]2COC(=O)N2CCSc2nc(C(=O)O)cs2)CCC1. The number of aromatic carboxylic acids is 1. The van der Waals surface area contributed by atoms with Gasteiger partial charge in [-0.15, -0.1) is 11.3 Å². The largest absolute Gasteiger partial charge is 0.476 e. The van der Waals surface area contributed by atoms with Gasteiger partial charge in [0, 0.05) is 17.7 Å². The first-order chi connectivity index (χ1) is 13.9. The maximum Gasteiger partial charge on any atom is 0.410 e. The maximum absolute atomic E-state index is 12.1. The van der Waals surface area contributed by atoms with Gasteiger partial charge in [0.1, 0.15) is 6.61 Å². The predicted octanol–water partition coefficient (Wildman–Crippen LogP) is 4.03. The molecule has 1 aliphatic carbocycles. The second-order valence-electron chi connectivity index (χ2n) is 7.64. The quantitative estimate of drug-likeness (QED) is 0.396. The highest BCUT2D eigenvalue weighted by Crippen LogP contribution is 2.48. The number of hydrogen-bond acceptors (Lipinski definition) is 7. The fourth-order valence-corrected chi connectivity index (χ4v) is 5.63. The van der Waals surface area contributed by atoms with Gasteiger partial charge in [0.2, 0.25) is 0 Å². The molecule has 2 N–H and O–H groups in total. The summed E-state index contributed by atoms with van der Waals surface area (Å²) in [5, 5.41) is 21.2. The van der Waals surface area contributed by atoms with Crippen LogP contribution in [-0.2, 0) is 4.74 Å². The normalized spacial score (nSPS) is 21.9. The van der Waals surface area contributed by atoms with Crippen LogP contribution >= 0.6 is 23.1 Å². The lowest BCUT2D eigenvalue weighted by atomic mass is 9.62. The van der Waals surface area contributed by atoms with Crippen LogP contribution in [-0.4, -0.2) is 63.2 Å². The number of thioether (sulfide) groups is 1. The van der Waals surface area contributed by atoms with Crippen LogP contribution in [0.5, 0.6) is 0 Å². The van der Waals surface area contributed by atoms with E-state index < -0.39 is 12.1 Å². The van der Waals surface area contributed by atoms with Gasteiger partial charge >= 0.3 is 12.1 Å². The van der Waals surface area contributed by atoms with Crippen molar-refractivity contribution < 1.29 is 24.5 Å². The van der Waals surface area contributed by atoms with E-state index in [0.717, 1.165) is 32.1 Å². The van der Waals surface area contributed by atoms with Crippen LogP contribution < -0.4 is 0 Å². The van der Waals surface area contributed by atoms with Gasteiger partial charge in [-0.05, 0) is 24.7 Å². The standard InChI is InChI=1S/C20H28N2O5S2/c1-2-3-7-20(8-4-9-20)16(23)6-5-14-12-27-19(26)22(14)10-11-28-18-21-15(13-29-18)17(24)25/h5-6,13-14,16,23H,2-4,7-12H2,1H3,(H,24,25)/b6-5+/t14-,16+/m0/s1. The summed E-state index contributed by atoms with van der Waals surface area (Å²) in [5.74, 6) is -0.446. The van der Waals surface area contributed by atoms with E-state index in [1.807, 2.05) is 12.2 Å². The zero-order chi connectivity index (χ0) is 20.9. The molecular formula is C20H28N2O5S2. The van der Waals surface area contributed by atoms with Crippen molar-refractivity contribution in [2.45, 2.75) is 61.9 Å².